The second-order valence-electron chi connectivity index (χ2n) is 8.96. The third-order valence-corrected chi connectivity index (χ3v) is 8.72. The molecule has 34 heavy (non-hydrogen) atoms. The lowest BCUT2D eigenvalue weighted by Crippen LogP contribution is -2.42. The molecule has 9 heteroatoms. The number of nitrogens with one attached hydrogen (secondary N) is 1. The number of sulfonamides is 1. The molecule has 1 aliphatic rings. The first-order chi connectivity index (χ1) is 16.2. The van der Waals surface area contributed by atoms with Gasteiger partial charge in [-0.25, -0.2) is 8.42 Å². The van der Waals surface area contributed by atoms with Crippen LogP contribution >= 0.6 is 11.8 Å². The number of hydrogen-bond acceptors (Lipinski definition) is 6. The second-order valence-corrected chi connectivity index (χ2v) is 11.9. The molecule has 4 rings (SSSR count). The van der Waals surface area contributed by atoms with E-state index in [1.165, 1.54) is 11.8 Å². The zero-order chi connectivity index (χ0) is 24.3. The highest BCUT2D eigenvalue weighted by Gasteiger charge is 2.31. The minimum atomic E-state index is -3.56. The quantitative estimate of drug-likeness (QED) is 0.450. The van der Waals surface area contributed by atoms with Crippen molar-refractivity contribution in [1.82, 2.24) is 9.46 Å². The lowest BCUT2D eigenvalue weighted by atomic mass is 9.94. The SMILES string of the molecule is Cc1cc(CSc2ccccc2C(=O)Nc2ccc(S(=O)(=O)N3C[C@H](C)C[C@@H](C)C3)cc2)no1. The molecule has 3 aromatic rings. The number of rotatable bonds is 7. The Morgan fingerprint density at radius 2 is 1.79 bits per heavy atom. The molecule has 0 spiro atoms. The largest absolute Gasteiger partial charge is 0.361 e. The molecular formula is C25H29N3O4S2. The summed E-state index contributed by atoms with van der Waals surface area (Å²) in [5.41, 5.74) is 1.89. The Labute approximate surface area is 205 Å². The summed E-state index contributed by atoms with van der Waals surface area (Å²) in [6.07, 6.45) is 1.04. The first-order valence-electron chi connectivity index (χ1n) is 11.3. The van der Waals surface area contributed by atoms with Crippen molar-refractivity contribution in [2.45, 2.75) is 42.7 Å². The van der Waals surface area contributed by atoms with Crippen molar-refractivity contribution in [1.29, 1.82) is 0 Å². The average molecular weight is 500 g/mol. The molecule has 0 unspecified atom stereocenters. The van der Waals surface area contributed by atoms with E-state index in [1.807, 2.05) is 31.2 Å². The molecule has 0 saturated carbocycles. The van der Waals surface area contributed by atoms with Gasteiger partial charge in [0.1, 0.15) is 5.76 Å². The zero-order valence-electron chi connectivity index (χ0n) is 19.5. The van der Waals surface area contributed by atoms with E-state index in [-0.39, 0.29) is 10.8 Å². The Morgan fingerprint density at radius 3 is 2.44 bits per heavy atom. The molecule has 1 fully saturated rings. The molecule has 1 saturated heterocycles. The van der Waals surface area contributed by atoms with Crippen molar-refractivity contribution in [3.8, 4) is 0 Å². The van der Waals surface area contributed by atoms with Gasteiger partial charge in [-0.2, -0.15) is 4.31 Å². The standard InChI is InChI=1S/C25H29N3O4S2/c1-17-12-18(2)15-28(14-17)34(30,31)22-10-8-20(9-11-22)26-25(29)23-6-4-5-7-24(23)33-16-21-13-19(3)32-27-21/h4-11,13,17-18H,12,14-16H2,1-3H3,(H,26,29)/t17-,18-/m1/s1. The van der Waals surface area contributed by atoms with Crippen molar-refractivity contribution in [3.05, 3.63) is 71.6 Å². The minimum Gasteiger partial charge on any atom is -0.361 e. The highest BCUT2D eigenvalue weighted by molar-refractivity contribution is 7.98. The van der Waals surface area contributed by atoms with Crippen LogP contribution in [0.5, 0.6) is 0 Å². The third-order valence-electron chi connectivity index (χ3n) is 5.77. The van der Waals surface area contributed by atoms with Gasteiger partial charge in [-0.05, 0) is 61.6 Å². The minimum absolute atomic E-state index is 0.241. The first kappa shape index (κ1) is 24.5. The fourth-order valence-corrected chi connectivity index (χ4v) is 6.89. The highest BCUT2D eigenvalue weighted by Crippen LogP contribution is 2.29. The van der Waals surface area contributed by atoms with E-state index in [9.17, 15) is 13.2 Å². The van der Waals surface area contributed by atoms with Crippen LogP contribution in [0.1, 0.15) is 42.1 Å². The first-order valence-corrected chi connectivity index (χ1v) is 13.7. The normalized spacial score (nSPS) is 19.1. The summed E-state index contributed by atoms with van der Waals surface area (Å²) < 4.78 is 32.9. The average Bonchev–Trinajstić information content (AvgIpc) is 3.22. The number of aryl methyl sites for hydroxylation is 1. The summed E-state index contributed by atoms with van der Waals surface area (Å²) in [7, 11) is -3.56. The van der Waals surface area contributed by atoms with Gasteiger partial charge in [-0.1, -0.05) is 31.1 Å². The van der Waals surface area contributed by atoms with E-state index in [0.29, 0.717) is 41.9 Å². The van der Waals surface area contributed by atoms with E-state index in [4.69, 9.17) is 4.52 Å². The van der Waals surface area contributed by atoms with Crippen LogP contribution in [0, 0.1) is 18.8 Å². The number of hydrogen-bond donors (Lipinski definition) is 1. The summed E-state index contributed by atoms with van der Waals surface area (Å²) in [6.45, 7) is 7.08. The predicted octanol–water partition coefficient (Wildman–Crippen LogP) is 5.19. The van der Waals surface area contributed by atoms with Gasteiger partial charge < -0.3 is 9.84 Å². The number of anilines is 1. The summed E-state index contributed by atoms with van der Waals surface area (Å²) in [6, 6.07) is 15.6. The molecule has 7 nitrogen and oxygen atoms in total. The van der Waals surface area contributed by atoms with Crippen molar-refractivity contribution >= 4 is 33.4 Å². The number of aromatic nitrogens is 1. The number of thioether (sulfide) groups is 1. The second kappa shape index (κ2) is 10.3. The van der Waals surface area contributed by atoms with Gasteiger partial charge in [0.25, 0.3) is 5.91 Å². The fraction of sp³-hybridized carbons (Fsp3) is 0.360. The van der Waals surface area contributed by atoms with Crippen LogP contribution in [0.15, 0.2) is 68.9 Å². The Hall–Kier alpha value is -2.62. The van der Waals surface area contributed by atoms with Crippen LogP contribution in [-0.4, -0.2) is 36.9 Å². The van der Waals surface area contributed by atoms with Crippen LogP contribution in [0.4, 0.5) is 5.69 Å². The molecule has 0 bridgehead atoms. The smallest absolute Gasteiger partial charge is 0.256 e. The Balaban J connectivity index is 1.44. The molecule has 2 aromatic carbocycles. The highest BCUT2D eigenvalue weighted by atomic mass is 32.2. The van der Waals surface area contributed by atoms with Gasteiger partial charge in [-0.3, -0.25) is 4.79 Å². The maximum Gasteiger partial charge on any atom is 0.256 e. The summed E-state index contributed by atoms with van der Waals surface area (Å²) in [5.74, 6) is 1.75. The summed E-state index contributed by atoms with van der Waals surface area (Å²) in [5, 5.41) is 6.87. The van der Waals surface area contributed by atoms with E-state index in [0.717, 1.165) is 22.8 Å². The zero-order valence-corrected chi connectivity index (χ0v) is 21.2. The predicted molar refractivity (Wildman–Crippen MR) is 133 cm³/mol. The molecule has 180 valence electrons. The lowest BCUT2D eigenvalue weighted by Gasteiger charge is -2.34. The van der Waals surface area contributed by atoms with Crippen molar-refractivity contribution in [3.63, 3.8) is 0 Å². The molecule has 0 aliphatic carbocycles. The van der Waals surface area contributed by atoms with Crippen molar-refractivity contribution < 1.29 is 17.7 Å². The van der Waals surface area contributed by atoms with Gasteiger partial charge in [0, 0.05) is 35.5 Å². The summed E-state index contributed by atoms with van der Waals surface area (Å²) >= 11 is 1.51. The van der Waals surface area contributed by atoms with Crippen LogP contribution in [0.3, 0.4) is 0 Å². The third kappa shape index (κ3) is 5.71. The number of benzene rings is 2. The van der Waals surface area contributed by atoms with Crippen LogP contribution in [0.25, 0.3) is 0 Å². The van der Waals surface area contributed by atoms with Crippen LogP contribution < -0.4 is 5.32 Å². The van der Waals surface area contributed by atoms with Gasteiger partial charge in [0.05, 0.1) is 16.2 Å². The maximum absolute atomic E-state index is 13.1. The lowest BCUT2D eigenvalue weighted by molar-refractivity contribution is 0.102. The number of carbonyl (C=O) groups is 1. The van der Waals surface area contributed by atoms with E-state index in [1.54, 1.807) is 34.6 Å². The number of piperidine rings is 1. The monoisotopic (exact) mass is 499 g/mol. The Bertz CT molecular complexity index is 1250. The fourth-order valence-electron chi connectivity index (χ4n) is 4.28. The van der Waals surface area contributed by atoms with Crippen molar-refractivity contribution in [2.24, 2.45) is 11.8 Å². The number of nitrogens with zero attached hydrogens (tertiary/aromatic N) is 2. The van der Waals surface area contributed by atoms with Crippen LogP contribution in [-0.2, 0) is 15.8 Å². The molecular weight excluding hydrogens is 470 g/mol. The van der Waals surface area contributed by atoms with Crippen molar-refractivity contribution in [2.75, 3.05) is 18.4 Å². The van der Waals surface area contributed by atoms with E-state index >= 15 is 0 Å². The topological polar surface area (TPSA) is 92.5 Å². The maximum atomic E-state index is 13.1. The van der Waals surface area contributed by atoms with E-state index < -0.39 is 10.0 Å². The molecule has 1 aromatic heterocycles. The van der Waals surface area contributed by atoms with Gasteiger partial charge in [-0.15, -0.1) is 11.8 Å². The number of amides is 1. The molecule has 1 aliphatic heterocycles. The molecule has 1 amide bonds. The molecule has 2 atom stereocenters. The summed E-state index contributed by atoms with van der Waals surface area (Å²) in [4.78, 5) is 14.0. The molecule has 1 N–H and O–H groups in total. The Morgan fingerprint density at radius 1 is 1.12 bits per heavy atom. The van der Waals surface area contributed by atoms with E-state index in [2.05, 4.69) is 24.3 Å². The van der Waals surface area contributed by atoms with Crippen LogP contribution in [0.2, 0.25) is 0 Å². The number of carbonyl (C=O) groups excluding carboxylic acids is 1. The van der Waals surface area contributed by atoms with Gasteiger partial charge in [0.2, 0.25) is 10.0 Å². The van der Waals surface area contributed by atoms with Gasteiger partial charge >= 0.3 is 0 Å². The van der Waals surface area contributed by atoms with Gasteiger partial charge in [0.15, 0.2) is 0 Å². The molecule has 2 heterocycles. The Kier molecular flexibility index (Phi) is 7.45. The molecule has 0 radical (unpaired) electrons.